The largest absolute Gasteiger partial charge is 0.350 e. The first-order chi connectivity index (χ1) is 10.8. The van der Waals surface area contributed by atoms with Crippen molar-refractivity contribution in [1.29, 1.82) is 0 Å². The van der Waals surface area contributed by atoms with Crippen LogP contribution >= 0.6 is 11.6 Å². The van der Waals surface area contributed by atoms with Crippen LogP contribution in [-0.4, -0.2) is 43.1 Å². The van der Waals surface area contributed by atoms with Gasteiger partial charge in [-0.2, -0.15) is 9.97 Å². The zero-order chi connectivity index (χ0) is 16.6. The quantitative estimate of drug-likeness (QED) is 0.746. The van der Waals surface area contributed by atoms with Crippen LogP contribution < -0.4 is 10.6 Å². The summed E-state index contributed by atoms with van der Waals surface area (Å²) in [4.78, 5) is 16.1. The number of nitrogens with zero attached hydrogens (tertiary/aromatic N) is 3. The summed E-state index contributed by atoms with van der Waals surface area (Å²) in [5.41, 5.74) is 1.12. The van der Waals surface area contributed by atoms with Gasteiger partial charge in [0.25, 0.3) is 0 Å². The Balaban J connectivity index is 1.77. The van der Waals surface area contributed by atoms with E-state index in [0.717, 1.165) is 12.8 Å². The Morgan fingerprint density at radius 3 is 2.83 bits per heavy atom. The molecule has 0 amide bonds. The summed E-state index contributed by atoms with van der Waals surface area (Å²) >= 11 is 6.01. The Labute approximate surface area is 139 Å². The van der Waals surface area contributed by atoms with Crippen molar-refractivity contribution in [3.63, 3.8) is 0 Å². The zero-order valence-electron chi connectivity index (χ0n) is 13.5. The molecule has 0 aromatic carbocycles. The maximum atomic E-state index is 14.2. The first-order valence-corrected chi connectivity index (χ1v) is 8.31. The van der Waals surface area contributed by atoms with Gasteiger partial charge in [0, 0.05) is 5.54 Å². The van der Waals surface area contributed by atoms with Gasteiger partial charge in [0.1, 0.15) is 11.7 Å². The molecule has 2 aromatic rings. The fraction of sp³-hybridized carbons (Fsp3) is 0.667. The van der Waals surface area contributed by atoms with Crippen LogP contribution in [0.3, 0.4) is 0 Å². The Bertz CT molecular complexity index is 682. The van der Waals surface area contributed by atoms with Crippen LogP contribution in [0, 0.1) is 0 Å². The fourth-order valence-electron chi connectivity index (χ4n) is 2.70. The van der Waals surface area contributed by atoms with E-state index >= 15 is 0 Å². The molecule has 3 rings (SSSR count). The molecule has 2 aromatic heterocycles. The van der Waals surface area contributed by atoms with Gasteiger partial charge in [-0.3, -0.25) is 0 Å². The summed E-state index contributed by atoms with van der Waals surface area (Å²) < 4.78 is 14.2. The van der Waals surface area contributed by atoms with Crippen molar-refractivity contribution < 1.29 is 4.39 Å². The van der Waals surface area contributed by atoms with Gasteiger partial charge in [-0.1, -0.05) is 0 Å². The molecular formula is C15H22ClFN6. The van der Waals surface area contributed by atoms with Crippen LogP contribution in [0.2, 0.25) is 0 Å². The van der Waals surface area contributed by atoms with E-state index in [9.17, 15) is 4.39 Å². The highest BCUT2D eigenvalue weighted by molar-refractivity contribution is 6.21. The number of halogens is 2. The third-order valence-corrected chi connectivity index (χ3v) is 4.23. The number of anilines is 2. The normalized spacial score (nSPS) is 25.5. The Morgan fingerprint density at radius 2 is 2.09 bits per heavy atom. The van der Waals surface area contributed by atoms with Crippen molar-refractivity contribution in [1.82, 2.24) is 19.9 Å². The number of fused-ring (bicyclic) bond motifs is 1. The van der Waals surface area contributed by atoms with Crippen LogP contribution in [0.15, 0.2) is 6.20 Å². The molecule has 1 fully saturated rings. The maximum absolute atomic E-state index is 14.2. The minimum atomic E-state index is -1.08. The second-order valence-corrected chi connectivity index (χ2v) is 7.59. The van der Waals surface area contributed by atoms with Gasteiger partial charge < -0.3 is 15.6 Å². The summed E-state index contributed by atoms with van der Waals surface area (Å²) in [6, 6.07) is -0.327. The molecule has 126 valence electrons. The predicted octanol–water partition coefficient (Wildman–Crippen LogP) is 3.47. The Hall–Kier alpha value is -1.63. The van der Waals surface area contributed by atoms with E-state index in [-0.39, 0.29) is 11.6 Å². The van der Waals surface area contributed by atoms with Crippen LogP contribution in [0.5, 0.6) is 0 Å². The molecule has 3 unspecified atom stereocenters. The first kappa shape index (κ1) is 16.2. The number of aromatic nitrogens is 4. The lowest BCUT2D eigenvalue weighted by atomic mass is 9.93. The fourth-order valence-corrected chi connectivity index (χ4v) is 3.03. The topological polar surface area (TPSA) is 78.5 Å². The molecule has 0 saturated heterocycles. The smallest absolute Gasteiger partial charge is 0.225 e. The van der Waals surface area contributed by atoms with E-state index < -0.39 is 11.5 Å². The van der Waals surface area contributed by atoms with Gasteiger partial charge in [-0.15, -0.1) is 11.6 Å². The van der Waals surface area contributed by atoms with Crippen molar-refractivity contribution in [3.8, 4) is 0 Å². The van der Waals surface area contributed by atoms with Crippen LogP contribution in [0.4, 0.5) is 16.3 Å². The highest BCUT2D eigenvalue weighted by Gasteiger charge is 2.32. The molecule has 23 heavy (non-hydrogen) atoms. The molecule has 0 radical (unpaired) electrons. The molecule has 3 atom stereocenters. The Kier molecular flexibility index (Phi) is 4.31. The average molecular weight is 341 g/mol. The van der Waals surface area contributed by atoms with E-state index in [2.05, 4.69) is 30.6 Å². The standard InChI is InChI=1S/C15H22ClFN6/c1-15(2,3)23-13-18-7-10-12(21-13)22-14(20-10)19-9-6-4-5-8(16)11(9)17/h7-9,11H,4-6H2,1-3H3,(H3,18,19,20,21,22,23). The maximum Gasteiger partial charge on any atom is 0.225 e. The van der Waals surface area contributed by atoms with Crippen LogP contribution in [0.25, 0.3) is 11.2 Å². The SMILES string of the molecule is CC(C)(C)Nc1ncc2[nH]c(NC3CCCC(Cl)C3F)nc2n1. The molecule has 0 aliphatic heterocycles. The second kappa shape index (κ2) is 6.11. The van der Waals surface area contributed by atoms with Gasteiger partial charge in [-0.05, 0) is 40.0 Å². The zero-order valence-corrected chi connectivity index (χ0v) is 14.3. The summed E-state index contributed by atoms with van der Waals surface area (Å²) in [6.07, 6.45) is 2.96. The van der Waals surface area contributed by atoms with E-state index in [0.29, 0.717) is 29.5 Å². The van der Waals surface area contributed by atoms with Gasteiger partial charge in [0.05, 0.1) is 17.6 Å². The molecule has 1 aliphatic rings. The molecule has 0 bridgehead atoms. The van der Waals surface area contributed by atoms with Crippen molar-refractivity contribution in [2.45, 2.75) is 63.2 Å². The molecule has 0 spiro atoms. The summed E-state index contributed by atoms with van der Waals surface area (Å²) in [6.45, 7) is 6.10. The van der Waals surface area contributed by atoms with Gasteiger partial charge in [-0.25, -0.2) is 9.37 Å². The number of nitrogens with one attached hydrogen (secondary N) is 3. The number of hydrogen-bond acceptors (Lipinski definition) is 5. The first-order valence-electron chi connectivity index (χ1n) is 7.87. The highest BCUT2D eigenvalue weighted by atomic mass is 35.5. The Morgan fingerprint density at radius 1 is 1.30 bits per heavy atom. The van der Waals surface area contributed by atoms with Crippen LogP contribution in [-0.2, 0) is 0 Å². The van der Waals surface area contributed by atoms with E-state index in [1.807, 2.05) is 20.8 Å². The summed E-state index contributed by atoms with van der Waals surface area (Å²) in [7, 11) is 0. The number of hydrogen-bond donors (Lipinski definition) is 3. The number of alkyl halides is 2. The molecule has 1 aliphatic carbocycles. The van der Waals surface area contributed by atoms with Crippen molar-refractivity contribution in [2.75, 3.05) is 10.6 Å². The van der Waals surface area contributed by atoms with Crippen molar-refractivity contribution >= 4 is 34.7 Å². The average Bonchev–Trinajstić information content (AvgIpc) is 2.84. The molecule has 6 nitrogen and oxygen atoms in total. The predicted molar refractivity (Wildman–Crippen MR) is 90.9 cm³/mol. The lowest BCUT2D eigenvalue weighted by Gasteiger charge is -2.30. The van der Waals surface area contributed by atoms with E-state index in [1.54, 1.807) is 6.20 Å². The monoisotopic (exact) mass is 340 g/mol. The number of H-pyrrole nitrogens is 1. The van der Waals surface area contributed by atoms with Crippen molar-refractivity contribution in [2.24, 2.45) is 0 Å². The lowest BCUT2D eigenvalue weighted by Crippen LogP contribution is -2.40. The van der Waals surface area contributed by atoms with Gasteiger partial charge >= 0.3 is 0 Å². The molecule has 1 saturated carbocycles. The van der Waals surface area contributed by atoms with E-state index in [4.69, 9.17) is 11.6 Å². The minimum Gasteiger partial charge on any atom is -0.350 e. The number of imidazole rings is 1. The highest BCUT2D eigenvalue weighted by Crippen LogP contribution is 2.28. The summed E-state index contributed by atoms with van der Waals surface area (Å²) in [5, 5.41) is 5.87. The van der Waals surface area contributed by atoms with Gasteiger partial charge in [0.2, 0.25) is 11.9 Å². The lowest BCUT2D eigenvalue weighted by molar-refractivity contribution is 0.234. The molecular weight excluding hydrogens is 319 g/mol. The molecule has 3 N–H and O–H groups in total. The third-order valence-electron chi connectivity index (χ3n) is 3.77. The number of rotatable bonds is 3. The van der Waals surface area contributed by atoms with Gasteiger partial charge in [0.15, 0.2) is 5.65 Å². The minimum absolute atomic E-state index is 0.135. The molecule has 8 heteroatoms. The third kappa shape index (κ3) is 3.83. The second-order valence-electron chi connectivity index (χ2n) is 7.03. The molecule has 2 heterocycles. The number of aromatic amines is 1. The van der Waals surface area contributed by atoms with E-state index in [1.165, 1.54) is 0 Å². The van der Waals surface area contributed by atoms with Crippen molar-refractivity contribution in [3.05, 3.63) is 6.20 Å². The summed E-state index contributed by atoms with van der Waals surface area (Å²) in [5.74, 6) is 1.02. The van der Waals surface area contributed by atoms with Crippen LogP contribution in [0.1, 0.15) is 40.0 Å².